The molecule has 114 valence electrons. The smallest absolute Gasteiger partial charge is 0.0230 e. The normalized spacial score (nSPS) is 12.1. The Balaban J connectivity index is 2.24. The predicted molar refractivity (Wildman–Crippen MR) is 88.8 cm³/mol. The van der Waals surface area contributed by atoms with Gasteiger partial charge < -0.3 is 10.6 Å². The summed E-state index contributed by atoms with van der Waals surface area (Å²) in [6.45, 7) is 9.70. The lowest BCUT2D eigenvalue weighted by molar-refractivity contribution is 0.289. The van der Waals surface area contributed by atoms with Gasteiger partial charge in [0, 0.05) is 6.54 Å². The maximum absolute atomic E-state index is 5.76. The lowest BCUT2D eigenvalue weighted by Gasteiger charge is -2.23. The summed E-state index contributed by atoms with van der Waals surface area (Å²) in [4.78, 5) is 2.41. The van der Waals surface area contributed by atoms with Gasteiger partial charge >= 0.3 is 0 Å². The van der Waals surface area contributed by atoms with E-state index in [9.17, 15) is 0 Å². The second kappa shape index (κ2) is 8.43. The number of hydrogen-bond donors (Lipinski definition) is 1. The van der Waals surface area contributed by atoms with Gasteiger partial charge in [-0.15, -0.1) is 0 Å². The highest BCUT2D eigenvalue weighted by atomic mass is 15.1. The highest BCUT2D eigenvalue weighted by Crippen LogP contribution is 2.21. The Morgan fingerprint density at radius 3 is 2.20 bits per heavy atom. The number of hydrogen-bond acceptors (Lipinski definition) is 2. The van der Waals surface area contributed by atoms with Crippen molar-refractivity contribution in [2.75, 3.05) is 20.1 Å². The van der Waals surface area contributed by atoms with Crippen molar-refractivity contribution in [2.45, 2.75) is 53.0 Å². The molecule has 0 unspecified atom stereocenters. The number of nitrogens with zero attached hydrogens (tertiary/aromatic N) is 1. The van der Waals surface area contributed by atoms with E-state index >= 15 is 0 Å². The van der Waals surface area contributed by atoms with Crippen molar-refractivity contribution < 1.29 is 0 Å². The molecule has 1 rings (SSSR count). The molecule has 0 aliphatic heterocycles. The van der Waals surface area contributed by atoms with Gasteiger partial charge in [0.25, 0.3) is 0 Å². The van der Waals surface area contributed by atoms with Crippen molar-refractivity contribution in [3.63, 3.8) is 0 Å². The van der Waals surface area contributed by atoms with Crippen molar-refractivity contribution in [2.24, 2.45) is 11.1 Å². The van der Waals surface area contributed by atoms with E-state index < -0.39 is 0 Å². The molecule has 20 heavy (non-hydrogen) atoms. The van der Waals surface area contributed by atoms with Gasteiger partial charge in [-0.25, -0.2) is 0 Å². The van der Waals surface area contributed by atoms with Crippen LogP contribution in [0.4, 0.5) is 0 Å². The molecule has 0 saturated carbocycles. The molecule has 0 bridgehead atoms. The van der Waals surface area contributed by atoms with E-state index in [0.717, 1.165) is 26.1 Å². The molecule has 2 N–H and O–H groups in total. The maximum atomic E-state index is 5.76. The van der Waals surface area contributed by atoms with Crippen LogP contribution >= 0.6 is 0 Å². The predicted octanol–water partition coefficient (Wildman–Crippen LogP) is 3.84. The Kier molecular flexibility index (Phi) is 7.25. The summed E-state index contributed by atoms with van der Waals surface area (Å²) < 4.78 is 0. The van der Waals surface area contributed by atoms with E-state index in [4.69, 9.17) is 5.73 Å². The van der Waals surface area contributed by atoms with E-state index in [1.807, 2.05) is 0 Å². The van der Waals surface area contributed by atoms with E-state index in [0.29, 0.717) is 5.41 Å². The van der Waals surface area contributed by atoms with Crippen molar-refractivity contribution in [1.82, 2.24) is 4.90 Å². The number of aryl methyl sites for hydroxylation is 1. The topological polar surface area (TPSA) is 29.3 Å². The Morgan fingerprint density at radius 1 is 1.05 bits per heavy atom. The zero-order valence-electron chi connectivity index (χ0n) is 13.8. The molecule has 0 radical (unpaired) electrons. The lowest BCUT2D eigenvalue weighted by Crippen LogP contribution is -2.24. The van der Waals surface area contributed by atoms with Crippen molar-refractivity contribution in [3.8, 4) is 0 Å². The summed E-state index contributed by atoms with van der Waals surface area (Å²) in [6, 6.07) is 9.00. The molecule has 0 spiro atoms. The van der Waals surface area contributed by atoms with Crippen LogP contribution in [-0.2, 0) is 13.0 Å². The SMILES string of the molecule is CCc1ccc(CN(C)CCCCC(C)(C)CN)cc1. The second-order valence-electron chi connectivity index (χ2n) is 6.73. The highest BCUT2D eigenvalue weighted by Gasteiger charge is 2.14. The van der Waals surface area contributed by atoms with Gasteiger partial charge in [0.15, 0.2) is 0 Å². The number of unbranched alkanes of at least 4 members (excludes halogenated alkanes) is 1. The molecule has 0 saturated heterocycles. The van der Waals surface area contributed by atoms with Crippen LogP contribution in [0.5, 0.6) is 0 Å². The van der Waals surface area contributed by atoms with Gasteiger partial charge in [-0.05, 0) is 55.9 Å². The van der Waals surface area contributed by atoms with E-state index in [1.54, 1.807) is 0 Å². The van der Waals surface area contributed by atoms with E-state index in [-0.39, 0.29) is 0 Å². The fraction of sp³-hybridized carbons (Fsp3) is 0.667. The molecular weight excluding hydrogens is 244 g/mol. The third kappa shape index (κ3) is 6.53. The average Bonchev–Trinajstić information content (AvgIpc) is 2.44. The first-order valence-corrected chi connectivity index (χ1v) is 7.93. The largest absolute Gasteiger partial charge is 0.330 e. The van der Waals surface area contributed by atoms with Crippen molar-refractivity contribution >= 4 is 0 Å². The monoisotopic (exact) mass is 276 g/mol. The molecular formula is C18H32N2. The summed E-state index contributed by atoms with van der Waals surface area (Å²) in [5.74, 6) is 0. The van der Waals surface area contributed by atoms with Crippen LogP contribution in [0.3, 0.4) is 0 Å². The molecule has 0 amide bonds. The summed E-state index contributed by atoms with van der Waals surface area (Å²) in [7, 11) is 2.21. The quantitative estimate of drug-likeness (QED) is 0.694. The average molecular weight is 276 g/mol. The highest BCUT2D eigenvalue weighted by molar-refractivity contribution is 5.22. The minimum atomic E-state index is 0.300. The van der Waals surface area contributed by atoms with Gasteiger partial charge in [-0.2, -0.15) is 0 Å². The molecule has 1 aromatic rings. The molecule has 0 fully saturated rings. The summed E-state index contributed by atoms with van der Waals surface area (Å²) in [5.41, 5.74) is 8.89. The van der Waals surface area contributed by atoms with E-state index in [1.165, 1.54) is 30.4 Å². The summed E-state index contributed by atoms with van der Waals surface area (Å²) >= 11 is 0. The van der Waals surface area contributed by atoms with Crippen LogP contribution < -0.4 is 5.73 Å². The minimum Gasteiger partial charge on any atom is -0.330 e. The molecule has 1 aromatic carbocycles. The summed E-state index contributed by atoms with van der Waals surface area (Å²) in [5, 5.41) is 0. The molecule has 0 aromatic heterocycles. The zero-order valence-corrected chi connectivity index (χ0v) is 13.8. The Morgan fingerprint density at radius 2 is 1.65 bits per heavy atom. The van der Waals surface area contributed by atoms with Gasteiger partial charge in [0.1, 0.15) is 0 Å². The summed E-state index contributed by atoms with van der Waals surface area (Å²) in [6.07, 6.45) is 4.87. The second-order valence-corrected chi connectivity index (χ2v) is 6.73. The van der Waals surface area contributed by atoms with Gasteiger partial charge in [0.05, 0.1) is 0 Å². The van der Waals surface area contributed by atoms with Crippen LogP contribution in [0, 0.1) is 5.41 Å². The molecule has 2 heteroatoms. The van der Waals surface area contributed by atoms with Crippen LogP contribution in [0.15, 0.2) is 24.3 Å². The first kappa shape index (κ1) is 17.2. The standard InChI is InChI=1S/C18H32N2/c1-5-16-8-10-17(11-9-16)14-20(4)13-7-6-12-18(2,3)15-19/h8-11H,5-7,12-15,19H2,1-4H3. The van der Waals surface area contributed by atoms with Crippen molar-refractivity contribution in [3.05, 3.63) is 35.4 Å². The molecule has 0 heterocycles. The molecule has 0 aliphatic rings. The van der Waals surface area contributed by atoms with Gasteiger partial charge in [-0.1, -0.05) is 51.5 Å². The third-order valence-electron chi connectivity index (χ3n) is 4.08. The van der Waals surface area contributed by atoms with Crippen LogP contribution in [0.25, 0.3) is 0 Å². The van der Waals surface area contributed by atoms with Crippen LogP contribution in [0.2, 0.25) is 0 Å². The number of rotatable bonds is 9. The molecule has 2 nitrogen and oxygen atoms in total. The third-order valence-corrected chi connectivity index (χ3v) is 4.08. The number of benzene rings is 1. The van der Waals surface area contributed by atoms with Crippen molar-refractivity contribution in [1.29, 1.82) is 0 Å². The zero-order chi connectivity index (χ0) is 15.0. The lowest BCUT2D eigenvalue weighted by atomic mass is 9.87. The van der Waals surface area contributed by atoms with Gasteiger partial charge in [-0.3, -0.25) is 0 Å². The Bertz CT molecular complexity index is 368. The first-order chi connectivity index (χ1) is 9.46. The number of nitrogens with two attached hydrogens (primary N) is 1. The minimum absolute atomic E-state index is 0.300. The van der Waals surface area contributed by atoms with Crippen LogP contribution in [-0.4, -0.2) is 25.0 Å². The fourth-order valence-corrected chi connectivity index (χ4v) is 2.36. The molecule has 0 aliphatic carbocycles. The van der Waals surface area contributed by atoms with Crippen LogP contribution in [0.1, 0.15) is 51.2 Å². The maximum Gasteiger partial charge on any atom is 0.0230 e. The Labute approximate surface area is 125 Å². The first-order valence-electron chi connectivity index (χ1n) is 7.93. The molecule has 0 atom stereocenters. The fourth-order valence-electron chi connectivity index (χ4n) is 2.36. The van der Waals surface area contributed by atoms with Gasteiger partial charge in [0.2, 0.25) is 0 Å². The Hall–Kier alpha value is -0.860. The van der Waals surface area contributed by atoms with E-state index in [2.05, 4.69) is 57.0 Å².